The molecular formula is C11H14BrFN2. The van der Waals surface area contributed by atoms with Crippen molar-refractivity contribution in [2.75, 3.05) is 18.4 Å². The Labute approximate surface area is 97.4 Å². The summed E-state index contributed by atoms with van der Waals surface area (Å²) in [6, 6.07) is 5.41. The van der Waals surface area contributed by atoms with Crippen molar-refractivity contribution in [3.05, 3.63) is 28.5 Å². The van der Waals surface area contributed by atoms with Crippen LogP contribution < -0.4 is 10.6 Å². The molecule has 0 bridgehead atoms. The van der Waals surface area contributed by atoms with Crippen LogP contribution in [0.2, 0.25) is 0 Å². The maximum absolute atomic E-state index is 13.3. The molecule has 0 aliphatic carbocycles. The number of benzene rings is 1. The van der Waals surface area contributed by atoms with E-state index in [1.54, 1.807) is 12.1 Å². The van der Waals surface area contributed by atoms with E-state index in [2.05, 4.69) is 26.6 Å². The van der Waals surface area contributed by atoms with E-state index >= 15 is 0 Å². The predicted octanol–water partition coefficient (Wildman–Crippen LogP) is 2.75. The average Bonchev–Trinajstić information content (AvgIpc) is 2.72. The van der Waals surface area contributed by atoms with E-state index in [9.17, 15) is 4.39 Å². The molecule has 1 aromatic carbocycles. The number of anilines is 1. The van der Waals surface area contributed by atoms with Gasteiger partial charge in [-0.3, -0.25) is 0 Å². The zero-order valence-electron chi connectivity index (χ0n) is 8.39. The second kappa shape index (κ2) is 4.94. The van der Waals surface area contributed by atoms with Crippen molar-refractivity contribution in [2.24, 2.45) is 0 Å². The summed E-state index contributed by atoms with van der Waals surface area (Å²) in [5, 5.41) is 6.49. The SMILES string of the molecule is Fc1ccc(Br)cc1NCC1CCCN1. The number of hydrogen-bond donors (Lipinski definition) is 2. The first kappa shape index (κ1) is 10.9. The highest BCUT2D eigenvalue weighted by Gasteiger charge is 2.13. The Balaban J connectivity index is 1.94. The van der Waals surface area contributed by atoms with E-state index in [4.69, 9.17) is 0 Å². The van der Waals surface area contributed by atoms with Gasteiger partial charge in [0.2, 0.25) is 0 Å². The van der Waals surface area contributed by atoms with Gasteiger partial charge in [-0.15, -0.1) is 0 Å². The van der Waals surface area contributed by atoms with Crippen LogP contribution >= 0.6 is 15.9 Å². The van der Waals surface area contributed by atoms with Gasteiger partial charge < -0.3 is 10.6 Å². The van der Waals surface area contributed by atoms with Gasteiger partial charge in [-0.25, -0.2) is 4.39 Å². The fraction of sp³-hybridized carbons (Fsp3) is 0.455. The summed E-state index contributed by atoms with van der Waals surface area (Å²) in [6.45, 7) is 1.86. The largest absolute Gasteiger partial charge is 0.381 e. The molecule has 0 aromatic heterocycles. The summed E-state index contributed by atoms with van der Waals surface area (Å²) < 4.78 is 14.2. The van der Waals surface area contributed by atoms with Gasteiger partial charge in [0.1, 0.15) is 5.82 Å². The van der Waals surface area contributed by atoms with Crippen molar-refractivity contribution in [2.45, 2.75) is 18.9 Å². The summed E-state index contributed by atoms with van der Waals surface area (Å²) >= 11 is 3.33. The van der Waals surface area contributed by atoms with Gasteiger partial charge in [0.15, 0.2) is 0 Å². The van der Waals surface area contributed by atoms with Gasteiger partial charge >= 0.3 is 0 Å². The number of nitrogens with one attached hydrogen (secondary N) is 2. The molecule has 0 saturated carbocycles. The van der Waals surface area contributed by atoms with Crippen molar-refractivity contribution < 1.29 is 4.39 Å². The first-order chi connectivity index (χ1) is 7.25. The van der Waals surface area contributed by atoms with Crippen molar-refractivity contribution in [1.29, 1.82) is 0 Å². The molecule has 2 nitrogen and oxygen atoms in total. The average molecular weight is 273 g/mol. The summed E-state index contributed by atoms with van der Waals surface area (Å²) in [6.07, 6.45) is 2.38. The van der Waals surface area contributed by atoms with Crippen LogP contribution in [0, 0.1) is 5.82 Å². The maximum atomic E-state index is 13.3. The molecule has 1 aromatic rings. The molecule has 1 unspecified atom stereocenters. The van der Waals surface area contributed by atoms with Crippen LogP contribution in [0.1, 0.15) is 12.8 Å². The van der Waals surface area contributed by atoms with Crippen LogP contribution in [-0.4, -0.2) is 19.1 Å². The number of halogens is 2. The molecule has 1 fully saturated rings. The van der Waals surface area contributed by atoms with Crippen LogP contribution in [0.3, 0.4) is 0 Å². The molecule has 15 heavy (non-hydrogen) atoms. The van der Waals surface area contributed by atoms with Gasteiger partial charge in [0, 0.05) is 17.1 Å². The summed E-state index contributed by atoms with van der Waals surface area (Å²) in [7, 11) is 0. The van der Waals surface area contributed by atoms with Crippen molar-refractivity contribution in [1.82, 2.24) is 5.32 Å². The van der Waals surface area contributed by atoms with Crippen LogP contribution in [0.25, 0.3) is 0 Å². The van der Waals surface area contributed by atoms with Gasteiger partial charge in [-0.2, -0.15) is 0 Å². The predicted molar refractivity (Wildman–Crippen MR) is 63.6 cm³/mol. The summed E-state index contributed by atoms with van der Waals surface area (Å²) in [5.41, 5.74) is 0.568. The lowest BCUT2D eigenvalue weighted by Crippen LogP contribution is -2.29. The summed E-state index contributed by atoms with van der Waals surface area (Å²) in [5.74, 6) is -0.198. The second-order valence-corrected chi connectivity index (χ2v) is 4.71. The first-order valence-electron chi connectivity index (χ1n) is 5.18. The topological polar surface area (TPSA) is 24.1 Å². The van der Waals surface area contributed by atoms with E-state index in [-0.39, 0.29) is 5.82 Å². The monoisotopic (exact) mass is 272 g/mol. The molecule has 0 radical (unpaired) electrons. The zero-order valence-corrected chi connectivity index (χ0v) is 9.98. The lowest BCUT2D eigenvalue weighted by molar-refractivity contribution is 0.613. The Morgan fingerprint density at radius 1 is 1.53 bits per heavy atom. The molecule has 82 valence electrons. The molecule has 1 aliphatic heterocycles. The Morgan fingerprint density at radius 2 is 2.40 bits per heavy atom. The van der Waals surface area contributed by atoms with Crippen LogP contribution in [0.5, 0.6) is 0 Å². The van der Waals surface area contributed by atoms with Gasteiger partial charge in [-0.1, -0.05) is 15.9 Å². The number of rotatable bonds is 3. The molecular weight excluding hydrogens is 259 g/mol. The van der Waals surface area contributed by atoms with Crippen LogP contribution in [0.15, 0.2) is 22.7 Å². The maximum Gasteiger partial charge on any atom is 0.146 e. The highest BCUT2D eigenvalue weighted by Crippen LogP contribution is 2.20. The molecule has 0 amide bonds. The minimum atomic E-state index is -0.198. The fourth-order valence-electron chi connectivity index (χ4n) is 1.80. The van der Waals surface area contributed by atoms with Crippen molar-refractivity contribution >= 4 is 21.6 Å². The van der Waals surface area contributed by atoms with Gasteiger partial charge in [0.05, 0.1) is 5.69 Å². The Kier molecular flexibility index (Phi) is 3.59. The lowest BCUT2D eigenvalue weighted by Gasteiger charge is -2.13. The Morgan fingerprint density at radius 3 is 3.13 bits per heavy atom. The Bertz CT molecular complexity index is 337. The first-order valence-corrected chi connectivity index (χ1v) is 5.97. The molecule has 1 atom stereocenters. The molecule has 4 heteroatoms. The molecule has 2 N–H and O–H groups in total. The standard InChI is InChI=1S/C11H14BrFN2/c12-8-3-4-10(13)11(6-8)15-7-9-2-1-5-14-9/h3-4,6,9,14-15H,1-2,5,7H2. The highest BCUT2D eigenvalue weighted by molar-refractivity contribution is 9.10. The lowest BCUT2D eigenvalue weighted by atomic mass is 10.2. The van der Waals surface area contributed by atoms with Crippen molar-refractivity contribution in [3.63, 3.8) is 0 Å². The van der Waals surface area contributed by atoms with Crippen molar-refractivity contribution in [3.8, 4) is 0 Å². The third-order valence-corrected chi connectivity index (χ3v) is 3.12. The van der Waals surface area contributed by atoms with E-state index < -0.39 is 0 Å². The minimum Gasteiger partial charge on any atom is -0.381 e. The van der Waals surface area contributed by atoms with Crippen LogP contribution in [-0.2, 0) is 0 Å². The van der Waals surface area contributed by atoms with Crippen LogP contribution in [0.4, 0.5) is 10.1 Å². The molecule has 1 aliphatic rings. The van der Waals surface area contributed by atoms with E-state index in [0.29, 0.717) is 11.7 Å². The quantitative estimate of drug-likeness (QED) is 0.884. The summed E-state index contributed by atoms with van der Waals surface area (Å²) in [4.78, 5) is 0. The van der Waals surface area contributed by atoms with E-state index in [0.717, 1.165) is 17.6 Å². The zero-order chi connectivity index (χ0) is 10.7. The van der Waals surface area contributed by atoms with E-state index in [1.807, 2.05) is 0 Å². The van der Waals surface area contributed by atoms with E-state index in [1.165, 1.54) is 18.9 Å². The third kappa shape index (κ3) is 2.92. The smallest absolute Gasteiger partial charge is 0.146 e. The third-order valence-electron chi connectivity index (χ3n) is 2.63. The normalized spacial score (nSPS) is 20.5. The minimum absolute atomic E-state index is 0.198. The van der Waals surface area contributed by atoms with Gasteiger partial charge in [-0.05, 0) is 37.6 Å². The molecule has 1 heterocycles. The second-order valence-electron chi connectivity index (χ2n) is 3.80. The molecule has 2 rings (SSSR count). The highest BCUT2D eigenvalue weighted by atomic mass is 79.9. The Hall–Kier alpha value is -0.610. The molecule has 1 saturated heterocycles. The molecule has 0 spiro atoms. The number of hydrogen-bond acceptors (Lipinski definition) is 2. The fourth-order valence-corrected chi connectivity index (χ4v) is 2.16. The van der Waals surface area contributed by atoms with Gasteiger partial charge in [0.25, 0.3) is 0 Å².